The molecule has 3 nitrogen and oxygen atoms in total. The number of likely N-dealkylation sites (N-methyl/N-ethyl adjacent to an activating group) is 1. The molecule has 0 radical (unpaired) electrons. The molecule has 0 aliphatic carbocycles. The van der Waals surface area contributed by atoms with E-state index >= 15 is 0 Å². The Kier molecular flexibility index (Phi) is 5.66. The van der Waals surface area contributed by atoms with Crippen LogP contribution in [-0.2, 0) is 4.79 Å². The van der Waals surface area contributed by atoms with E-state index in [9.17, 15) is 9.90 Å². The van der Waals surface area contributed by atoms with Crippen LogP contribution in [0.1, 0.15) is 12.5 Å². The van der Waals surface area contributed by atoms with Crippen LogP contribution in [0.2, 0.25) is 10.0 Å². The first-order chi connectivity index (χ1) is 8.40. The summed E-state index contributed by atoms with van der Waals surface area (Å²) in [6.45, 7) is 1.92. The third kappa shape index (κ3) is 4.69. The van der Waals surface area contributed by atoms with E-state index < -0.39 is 6.10 Å². The molecule has 1 atom stereocenters. The summed E-state index contributed by atoms with van der Waals surface area (Å²) >= 11 is 11.8. The van der Waals surface area contributed by atoms with Crippen molar-refractivity contribution in [3.63, 3.8) is 0 Å². The van der Waals surface area contributed by atoms with Gasteiger partial charge in [-0.25, -0.2) is 0 Å². The summed E-state index contributed by atoms with van der Waals surface area (Å²) in [7, 11) is 1.63. The number of carbonyl (C=O) groups excluding carboxylic acids is 1. The fourth-order valence-electron chi connectivity index (χ4n) is 1.41. The number of nitrogens with zero attached hydrogens (tertiary/aromatic N) is 1. The highest BCUT2D eigenvalue weighted by Gasteiger charge is 2.07. The molecule has 0 fully saturated rings. The number of hydrogen-bond acceptors (Lipinski definition) is 2. The summed E-state index contributed by atoms with van der Waals surface area (Å²) in [5.74, 6) is -0.193. The minimum atomic E-state index is -0.550. The van der Waals surface area contributed by atoms with Gasteiger partial charge in [-0.1, -0.05) is 29.3 Å². The fraction of sp³-hybridized carbons (Fsp3) is 0.308. The van der Waals surface area contributed by atoms with Gasteiger partial charge >= 0.3 is 0 Å². The number of aliphatic hydroxyl groups excluding tert-OH is 1. The zero-order valence-electron chi connectivity index (χ0n) is 10.2. The zero-order chi connectivity index (χ0) is 13.7. The molecule has 0 aromatic heterocycles. The number of hydrogen-bond donors (Lipinski definition) is 1. The van der Waals surface area contributed by atoms with Gasteiger partial charge in [-0.3, -0.25) is 4.79 Å². The summed E-state index contributed by atoms with van der Waals surface area (Å²) in [5.41, 5.74) is 0.722. The number of rotatable bonds is 4. The SMILES string of the molecule is CC(O)CN(C)C(=O)C=Cc1ccc(Cl)cc1Cl. The summed E-state index contributed by atoms with van der Waals surface area (Å²) < 4.78 is 0. The van der Waals surface area contributed by atoms with Crippen molar-refractivity contribution in [2.75, 3.05) is 13.6 Å². The van der Waals surface area contributed by atoms with Crippen LogP contribution in [0.3, 0.4) is 0 Å². The molecular formula is C13H15Cl2NO2. The Labute approximate surface area is 117 Å². The third-order valence-corrected chi connectivity index (χ3v) is 2.84. The molecule has 0 heterocycles. The van der Waals surface area contributed by atoms with Crippen LogP contribution < -0.4 is 0 Å². The quantitative estimate of drug-likeness (QED) is 0.865. The van der Waals surface area contributed by atoms with Crippen molar-refractivity contribution in [1.29, 1.82) is 0 Å². The predicted molar refractivity (Wildman–Crippen MR) is 74.8 cm³/mol. The standard InChI is InChI=1S/C13H15Cl2NO2/c1-9(17)8-16(2)13(18)6-4-10-3-5-11(14)7-12(10)15/h3-7,9,17H,8H2,1-2H3. The van der Waals surface area contributed by atoms with Crippen molar-refractivity contribution in [2.24, 2.45) is 0 Å². The van der Waals surface area contributed by atoms with Gasteiger partial charge in [0.25, 0.3) is 0 Å². The highest BCUT2D eigenvalue weighted by atomic mass is 35.5. The van der Waals surface area contributed by atoms with Gasteiger partial charge in [-0.15, -0.1) is 0 Å². The van der Waals surface area contributed by atoms with E-state index in [2.05, 4.69) is 0 Å². The molecule has 1 N–H and O–H groups in total. The van der Waals surface area contributed by atoms with Crippen molar-refractivity contribution in [3.05, 3.63) is 39.9 Å². The maximum atomic E-state index is 11.7. The Morgan fingerprint density at radius 3 is 2.72 bits per heavy atom. The lowest BCUT2D eigenvalue weighted by molar-refractivity contribution is -0.125. The second-order valence-corrected chi connectivity index (χ2v) is 4.91. The van der Waals surface area contributed by atoms with Crippen molar-refractivity contribution in [1.82, 2.24) is 4.90 Å². The molecule has 1 unspecified atom stereocenters. The molecule has 18 heavy (non-hydrogen) atoms. The first-order valence-corrected chi connectivity index (χ1v) is 6.22. The number of halogens is 2. The molecule has 1 aromatic carbocycles. The molecule has 0 spiro atoms. The van der Waals surface area contributed by atoms with Crippen LogP contribution in [0.15, 0.2) is 24.3 Å². The predicted octanol–water partition coefficient (Wildman–Crippen LogP) is 2.85. The van der Waals surface area contributed by atoms with E-state index in [0.717, 1.165) is 5.56 Å². The Bertz CT molecular complexity index is 458. The minimum Gasteiger partial charge on any atom is -0.392 e. The number of benzene rings is 1. The van der Waals surface area contributed by atoms with Crippen molar-refractivity contribution in [2.45, 2.75) is 13.0 Å². The van der Waals surface area contributed by atoms with E-state index in [1.807, 2.05) is 0 Å². The normalized spacial score (nSPS) is 12.7. The summed E-state index contributed by atoms with van der Waals surface area (Å²) in [5, 5.41) is 10.2. The second kappa shape index (κ2) is 6.78. The smallest absolute Gasteiger partial charge is 0.246 e. The van der Waals surface area contributed by atoms with E-state index in [0.29, 0.717) is 10.0 Å². The zero-order valence-corrected chi connectivity index (χ0v) is 11.7. The topological polar surface area (TPSA) is 40.5 Å². The highest BCUT2D eigenvalue weighted by molar-refractivity contribution is 6.35. The molecule has 0 saturated heterocycles. The van der Waals surface area contributed by atoms with Gasteiger partial charge < -0.3 is 10.0 Å². The Morgan fingerprint density at radius 2 is 2.17 bits per heavy atom. The van der Waals surface area contributed by atoms with Gasteiger partial charge in [0.15, 0.2) is 0 Å². The van der Waals surface area contributed by atoms with Gasteiger partial charge in [0, 0.05) is 29.7 Å². The first kappa shape index (κ1) is 15.0. The number of amides is 1. The average molecular weight is 288 g/mol. The minimum absolute atomic E-state index is 0.193. The highest BCUT2D eigenvalue weighted by Crippen LogP contribution is 2.21. The maximum Gasteiger partial charge on any atom is 0.246 e. The molecule has 0 bridgehead atoms. The van der Waals surface area contributed by atoms with Crippen LogP contribution in [0.25, 0.3) is 6.08 Å². The van der Waals surface area contributed by atoms with E-state index in [-0.39, 0.29) is 12.5 Å². The van der Waals surface area contributed by atoms with E-state index in [4.69, 9.17) is 23.2 Å². The van der Waals surface area contributed by atoms with Gasteiger partial charge in [0.1, 0.15) is 0 Å². The molecule has 0 aliphatic rings. The number of carbonyl (C=O) groups is 1. The molecule has 98 valence electrons. The summed E-state index contributed by atoms with van der Waals surface area (Å²) in [6, 6.07) is 5.06. The van der Waals surface area contributed by atoms with Gasteiger partial charge in [0.2, 0.25) is 5.91 Å². The van der Waals surface area contributed by atoms with Crippen LogP contribution in [0.5, 0.6) is 0 Å². The van der Waals surface area contributed by atoms with Crippen LogP contribution in [-0.4, -0.2) is 35.6 Å². The van der Waals surface area contributed by atoms with Crippen LogP contribution in [0, 0.1) is 0 Å². The average Bonchev–Trinajstić information content (AvgIpc) is 2.26. The maximum absolute atomic E-state index is 11.7. The van der Waals surface area contributed by atoms with Gasteiger partial charge in [-0.05, 0) is 30.7 Å². The lowest BCUT2D eigenvalue weighted by atomic mass is 10.2. The van der Waals surface area contributed by atoms with Gasteiger partial charge in [0.05, 0.1) is 6.10 Å². The fourth-order valence-corrected chi connectivity index (χ4v) is 1.88. The van der Waals surface area contributed by atoms with Gasteiger partial charge in [-0.2, -0.15) is 0 Å². The molecule has 1 rings (SSSR count). The molecule has 1 aromatic rings. The summed E-state index contributed by atoms with van der Waals surface area (Å²) in [6.07, 6.45) is 2.49. The lowest BCUT2D eigenvalue weighted by Gasteiger charge is -2.16. The lowest BCUT2D eigenvalue weighted by Crippen LogP contribution is -2.31. The Balaban J connectivity index is 2.71. The van der Waals surface area contributed by atoms with E-state index in [1.54, 1.807) is 38.2 Å². The van der Waals surface area contributed by atoms with Crippen molar-refractivity contribution in [3.8, 4) is 0 Å². The Hall–Kier alpha value is -1.03. The molecule has 1 amide bonds. The summed E-state index contributed by atoms with van der Waals surface area (Å²) in [4.78, 5) is 13.1. The van der Waals surface area contributed by atoms with Crippen LogP contribution >= 0.6 is 23.2 Å². The van der Waals surface area contributed by atoms with Crippen molar-refractivity contribution < 1.29 is 9.90 Å². The molecule has 5 heteroatoms. The monoisotopic (exact) mass is 287 g/mol. The first-order valence-electron chi connectivity index (χ1n) is 5.46. The van der Waals surface area contributed by atoms with Crippen LogP contribution in [0.4, 0.5) is 0 Å². The largest absolute Gasteiger partial charge is 0.392 e. The number of aliphatic hydroxyl groups is 1. The third-order valence-electron chi connectivity index (χ3n) is 2.28. The molecule has 0 saturated carbocycles. The van der Waals surface area contributed by atoms with E-state index in [1.165, 1.54) is 11.0 Å². The Morgan fingerprint density at radius 1 is 1.50 bits per heavy atom. The second-order valence-electron chi connectivity index (χ2n) is 4.07. The molecule has 0 aliphatic heterocycles. The molecular weight excluding hydrogens is 273 g/mol. The van der Waals surface area contributed by atoms with Crippen molar-refractivity contribution >= 4 is 35.2 Å².